The monoisotopic (exact) mass is 185 g/mol. The number of aromatic nitrogens is 2. The van der Waals surface area contributed by atoms with E-state index >= 15 is 0 Å². The Hall–Kier alpha value is -0.810. The molecule has 5 heteroatoms. The number of hydrogen-bond donors (Lipinski definition) is 2. The molecular formula is C7H11N3OS. The van der Waals surface area contributed by atoms with Crippen LogP contribution in [0.3, 0.4) is 0 Å². The maximum Gasteiger partial charge on any atom is 0.156 e. The molecule has 1 heterocycles. The van der Waals surface area contributed by atoms with E-state index in [9.17, 15) is 0 Å². The summed E-state index contributed by atoms with van der Waals surface area (Å²) in [6.07, 6.45) is 2.78. The van der Waals surface area contributed by atoms with Crippen LogP contribution in [0.5, 0.6) is 0 Å². The molecule has 0 bridgehead atoms. The van der Waals surface area contributed by atoms with Crippen molar-refractivity contribution in [3.8, 4) is 0 Å². The Bertz CT molecular complexity index is 254. The van der Waals surface area contributed by atoms with Crippen LogP contribution in [-0.4, -0.2) is 26.9 Å². The first-order chi connectivity index (χ1) is 5.70. The van der Waals surface area contributed by atoms with E-state index in [1.165, 1.54) is 11.8 Å². The summed E-state index contributed by atoms with van der Waals surface area (Å²) in [5.74, 6) is 1.01. The molecule has 12 heavy (non-hydrogen) atoms. The van der Waals surface area contributed by atoms with Gasteiger partial charge in [0.05, 0.1) is 6.10 Å². The predicted octanol–water partition coefficient (Wildman–Crippen LogP) is 0.532. The maximum absolute atomic E-state index is 8.99. The zero-order valence-corrected chi connectivity index (χ0v) is 7.58. The van der Waals surface area contributed by atoms with E-state index in [1.54, 1.807) is 19.3 Å². The minimum atomic E-state index is -0.351. The third-order valence-corrected chi connectivity index (χ3v) is 2.39. The van der Waals surface area contributed by atoms with Crippen molar-refractivity contribution < 1.29 is 5.11 Å². The molecule has 0 aliphatic heterocycles. The van der Waals surface area contributed by atoms with Crippen LogP contribution in [0.15, 0.2) is 17.4 Å². The second-order valence-electron chi connectivity index (χ2n) is 2.41. The van der Waals surface area contributed by atoms with Gasteiger partial charge in [-0.05, 0) is 6.92 Å². The molecule has 1 rings (SSSR count). The highest BCUT2D eigenvalue weighted by molar-refractivity contribution is 7.99. The number of hydrogen-bond acceptors (Lipinski definition) is 5. The van der Waals surface area contributed by atoms with E-state index in [0.717, 1.165) is 0 Å². The predicted molar refractivity (Wildman–Crippen MR) is 48.8 cm³/mol. The zero-order chi connectivity index (χ0) is 8.97. The summed E-state index contributed by atoms with van der Waals surface area (Å²) in [5.41, 5.74) is 5.53. The molecule has 66 valence electrons. The first-order valence-corrected chi connectivity index (χ1v) is 4.56. The van der Waals surface area contributed by atoms with Gasteiger partial charge in [0.15, 0.2) is 5.82 Å². The van der Waals surface area contributed by atoms with Crippen LogP contribution in [-0.2, 0) is 0 Å². The largest absolute Gasteiger partial charge is 0.393 e. The molecule has 4 nitrogen and oxygen atoms in total. The topological polar surface area (TPSA) is 72.0 Å². The van der Waals surface area contributed by atoms with Crippen molar-refractivity contribution in [3.05, 3.63) is 12.4 Å². The number of aliphatic hydroxyl groups excluding tert-OH is 1. The molecule has 0 aliphatic carbocycles. The van der Waals surface area contributed by atoms with Crippen LogP contribution < -0.4 is 5.73 Å². The first-order valence-electron chi connectivity index (χ1n) is 3.57. The smallest absolute Gasteiger partial charge is 0.156 e. The first kappa shape index (κ1) is 9.28. The summed E-state index contributed by atoms with van der Waals surface area (Å²) >= 11 is 1.41. The van der Waals surface area contributed by atoms with E-state index in [0.29, 0.717) is 16.6 Å². The fraction of sp³-hybridized carbons (Fsp3) is 0.429. The summed E-state index contributed by atoms with van der Waals surface area (Å²) < 4.78 is 0. The van der Waals surface area contributed by atoms with E-state index < -0.39 is 0 Å². The van der Waals surface area contributed by atoms with Crippen molar-refractivity contribution in [2.75, 3.05) is 11.5 Å². The molecule has 0 saturated carbocycles. The molecule has 3 N–H and O–H groups in total. The number of anilines is 1. The third-order valence-electron chi connectivity index (χ3n) is 1.15. The van der Waals surface area contributed by atoms with Crippen LogP contribution in [0.2, 0.25) is 0 Å². The van der Waals surface area contributed by atoms with Gasteiger partial charge >= 0.3 is 0 Å². The Morgan fingerprint density at radius 3 is 2.83 bits per heavy atom. The Morgan fingerprint density at radius 2 is 2.25 bits per heavy atom. The lowest BCUT2D eigenvalue weighted by Gasteiger charge is -2.03. The van der Waals surface area contributed by atoms with Crippen molar-refractivity contribution in [2.24, 2.45) is 0 Å². The van der Waals surface area contributed by atoms with E-state index in [2.05, 4.69) is 9.97 Å². The molecule has 0 aromatic carbocycles. The van der Waals surface area contributed by atoms with E-state index in [1.807, 2.05) is 0 Å². The molecule has 1 unspecified atom stereocenters. The van der Waals surface area contributed by atoms with Crippen molar-refractivity contribution >= 4 is 17.6 Å². The fourth-order valence-corrected chi connectivity index (χ4v) is 1.38. The lowest BCUT2D eigenvalue weighted by Crippen LogP contribution is -2.04. The number of aliphatic hydroxyl groups is 1. The van der Waals surface area contributed by atoms with Gasteiger partial charge in [0.25, 0.3) is 0 Å². The third kappa shape index (κ3) is 2.67. The zero-order valence-electron chi connectivity index (χ0n) is 6.77. The van der Waals surface area contributed by atoms with Crippen LogP contribution in [0.4, 0.5) is 5.82 Å². The van der Waals surface area contributed by atoms with Crippen LogP contribution in [0.25, 0.3) is 0 Å². The Balaban J connectivity index is 2.57. The lowest BCUT2D eigenvalue weighted by molar-refractivity contribution is 0.220. The van der Waals surface area contributed by atoms with Gasteiger partial charge in [-0.2, -0.15) is 0 Å². The molecule has 0 aliphatic rings. The highest BCUT2D eigenvalue weighted by Crippen LogP contribution is 2.19. The maximum atomic E-state index is 8.99. The molecule has 0 spiro atoms. The Kier molecular flexibility index (Phi) is 3.31. The molecule has 0 fully saturated rings. The van der Waals surface area contributed by atoms with Crippen LogP contribution >= 0.6 is 11.8 Å². The second kappa shape index (κ2) is 4.27. The quantitative estimate of drug-likeness (QED) is 0.672. The number of nitrogens with zero attached hydrogens (tertiary/aromatic N) is 2. The van der Waals surface area contributed by atoms with Gasteiger partial charge in [-0.1, -0.05) is 0 Å². The van der Waals surface area contributed by atoms with Crippen molar-refractivity contribution in [2.45, 2.75) is 18.1 Å². The van der Waals surface area contributed by atoms with E-state index in [4.69, 9.17) is 10.8 Å². The van der Waals surface area contributed by atoms with Gasteiger partial charge in [-0.3, -0.25) is 0 Å². The Morgan fingerprint density at radius 1 is 1.58 bits per heavy atom. The van der Waals surface area contributed by atoms with Gasteiger partial charge in [-0.15, -0.1) is 11.8 Å². The number of nitrogen functional groups attached to an aromatic ring is 1. The van der Waals surface area contributed by atoms with Gasteiger partial charge in [0.1, 0.15) is 5.03 Å². The van der Waals surface area contributed by atoms with Crippen molar-refractivity contribution in [3.63, 3.8) is 0 Å². The molecule has 0 amide bonds. The van der Waals surface area contributed by atoms with Crippen LogP contribution in [0.1, 0.15) is 6.92 Å². The van der Waals surface area contributed by atoms with Crippen molar-refractivity contribution in [1.29, 1.82) is 0 Å². The molecular weight excluding hydrogens is 174 g/mol. The Labute approximate surface area is 75.2 Å². The van der Waals surface area contributed by atoms with E-state index in [-0.39, 0.29) is 6.10 Å². The average Bonchev–Trinajstić information content (AvgIpc) is 2.03. The van der Waals surface area contributed by atoms with Gasteiger partial charge in [0.2, 0.25) is 0 Å². The minimum absolute atomic E-state index is 0.351. The average molecular weight is 185 g/mol. The number of rotatable bonds is 3. The lowest BCUT2D eigenvalue weighted by atomic mass is 10.5. The highest BCUT2D eigenvalue weighted by atomic mass is 32.2. The fourth-order valence-electron chi connectivity index (χ4n) is 0.647. The normalized spacial score (nSPS) is 12.8. The number of nitrogens with two attached hydrogens (primary N) is 1. The van der Waals surface area contributed by atoms with Crippen LogP contribution in [0, 0.1) is 0 Å². The van der Waals surface area contributed by atoms with Gasteiger partial charge < -0.3 is 10.8 Å². The van der Waals surface area contributed by atoms with Gasteiger partial charge in [-0.25, -0.2) is 9.97 Å². The molecule has 0 radical (unpaired) electrons. The summed E-state index contributed by atoms with van der Waals surface area (Å²) in [7, 11) is 0. The summed E-state index contributed by atoms with van der Waals surface area (Å²) in [5, 5.41) is 9.67. The summed E-state index contributed by atoms with van der Waals surface area (Å²) in [4.78, 5) is 7.88. The molecule has 1 aromatic rings. The molecule has 1 atom stereocenters. The van der Waals surface area contributed by atoms with Crippen molar-refractivity contribution in [1.82, 2.24) is 9.97 Å². The molecule has 1 aromatic heterocycles. The summed E-state index contributed by atoms with van der Waals surface area (Å²) in [6, 6.07) is 0. The SMILES string of the molecule is CC(O)CSc1nccnc1N. The van der Waals surface area contributed by atoms with Gasteiger partial charge in [0, 0.05) is 18.1 Å². The minimum Gasteiger partial charge on any atom is -0.393 e. The second-order valence-corrected chi connectivity index (χ2v) is 3.42. The number of thioether (sulfide) groups is 1. The summed E-state index contributed by atoms with van der Waals surface area (Å²) in [6.45, 7) is 1.72. The molecule has 0 saturated heterocycles. The standard InChI is InChI=1S/C7H11N3OS/c1-5(11)4-12-7-6(8)9-2-3-10-7/h2-3,5,11H,4H2,1H3,(H2,8,9). The highest BCUT2D eigenvalue weighted by Gasteiger charge is 2.03.